The van der Waals surface area contributed by atoms with Crippen LogP contribution >= 0.6 is 22.6 Å². The molecule has 4 heteroatoms. The second-order valence-corrected chi connectivity index (χ2v) is 2.94. The first kappa shape index (κ1) is 8.45. The number of carbonyl (C=O) groups is 1. The summed E-state index contributed by atoms with van der Waals surface area (Å²) in [5, 5.41) is 2.54. The standard InChI is InChI=1S/C7H7IN2O/c1-9-7(11)5-3-2-4-10-6(5)8/h2-4H,1H3,(H,9,11). The van der Waals surface area contributed by atoms with E-state index in [9.17, 15) is 4.79 Å². The summed E-state index contributed by atoms with van der Waals surface area (Å²) in [6.07, 6.45) is 1.66. The van der Waals surface area contributed by atoms with Crippen LogP contribution in [0.4, 0.5) is 0 Å². The molecule has 58 valence electrons. The van der Waals surface area contributed by atoms with Crippen LogP contribution in [0.1, 0.15) is 10.4 Å². The summed E-state index contributed by atoms with van der Waals surface area (Å²) < 4.78 is 0.726. The molecule has 0 radical (unpaired) electrons. The Labute approximate surface area is 78.4 Å². The molecule has 0 saturated carbocycles. The minimum absolute atomic E-state index is 0.0949. The van der Waals surface area contributed by atoms with Crippen molar-refractivity contribution in [3.8, 4) is 0 Å². The predicted octanol–water partition coefficient (Wildman–Crippen LogP) is 1.05. The second-order valence-electron chi connectivity index (χ2n) is 1.92. The highest BCUT2D eigenvalue weighted by Gasteiger charge is 2.06. The average Bonchev–Trinajstić information content (AvgIpc) is 2.04. The lowest BCUT2D eigenvalue weighted by Crippen LogP contribution is -2.19. The van der Waals surface area contributed by atoms with Crippen molar-refractivity contribution in [3.63, 3.8) is 0 Å². The van der Waals surface area contributed by atoms with E-state index in [1.54, 1.807) is 25.4 Å². The highest BCUT2D eigenvalue weighted by molar-refractivity contribution is 14.1. The third-order valence-electron chi connectivity index (χ3n) is 1.23. The van der Waals surface area contributed by atoms with E-state index < -0.39 is 0 Å². The molecule has 1 N–H and O–H groups in total. The fraction of sp³-hybridized carbons (Fsp3) is 0.143. The van der Waals surface area contributed by atoms with Gasteiger partial charge < -0.3 is 5.32 Å². The summed E-state index contributed by atoms with van der Waals surface area (Å²) in [6.45, 7) is 0. The van der Waals surface area contributed by atoms with Crippen molar-refractivity contribution in [2.45, 2.75) is 0 Å². The number of halogens is 1. The first-order valence-electron chi connectivity index (χ1n) is 3.08. The SMILES string of the molecule is CNC(=O)c1cccnc1I. The number of hydrogen-bond acceptors (Lipinski definition) is 2. The van der Waals surface area contributed by atoms with E-state index in [-0.39, 0.29) is 5.91 Å². The maximum Gasteiger partial charge on any atom is 0.253 e. The van der Waals surface area contributed by atoms with Crippen LogP contribution in [0.15, 0.2) is 18.3 Å². The van der Waals surface area contributed by atoms with Crippen LogP contribution in [0.3, 0.4) is 0 Å². The first-order valence-corrected chi connectivity index (χ1v) is 4.16. The molecule has 1 aromatic heterocycles. The summed E-state index contributed by atoms with van der Waals surface area (Å²) in [5.74, 6) is -0.0949. The second kappa shape index (κ2) is 3.66. The van der Waals surface area contributed by atoms with E-state index in [0.29, 0.717) is 5.56 Å². The van der Waals surface area contributed by atoms with Gasteiger partial charge in [0.25, 0.3) is 5.91 Å². The lowest BCUT2D eigenvalue weighted by Gasteiger charge is -1.99. The Morgan fingerprint density at radius 3 is 3.00 bits per heavy atom. The number of hydrogen-bond donors (Lipinski definition) is 1. The van der Waals surface area contributed by atoms with Crippen molar-refractivity contribution in [2.24, 2.45) is 0 Å². The Bertz CT molecular complexity index is 275. The maximum atomic E-state index is 11.1. The van der Waals surface area contributed by atoms with Crippen LogP contribution in [-0.2, 0) is 0 Å². The zero-order valence-corrected chi connectivity index (χ0v) is 8.12. The van der Waals surface area contributed by atoms with Gasteiger partial charge in [-0.05, 0) is 34.7 Å². The topological polar surface area (TPSA) is 42.0 Å². The van der Waals surface area contributed by atoms with Crippen molar-refractivity contribution in [1.29, 1.82) is 0 Å². The Morgan fingerprint density at radius 2 is 2.45 bits per heavy atom. The molecule has 0 fully saturated rings. The maximum absolute atomic E-state index is 11.1. The fourth-order valence-electron chi connectivity index (χ4n) is 0.690. The van der Waals surface area contributed by atoms with E-state index in [1.807, 2.05) is 22.6 Å². The van der Waals surface area contributed by atoms with E-state index in [0.717, 1.165) is 3.70 Å². The number of nitrogens with zero attached hydrogens (tertiary/aromatic N) is 1. The van der Waals surface area contributed by atoms with Gasteiger partial charge in [-0.1, -0.05) is 0 Å². The molecule has 0 aliphatic rings. The Hall–Kier alpha value is -0.650. The number of carbonyl (C=O) groups excluding carboxylic acids is 1. The highest BCUT2D eigenvalue weighted by Crippen LogP contribution is 2.06. The summed E-state index contributed by atoms with van der Waals surface area (Å²) in [6, 6.07) is 3.49. The van der Waals surface area contributed by atoms with Gasteiger partial charge in [0, 0.05) is 13.2 Å². The molecule has 0 bridgehead atoms. The zero-order chi connectivity index (χ0) is 8.27. The van der Waals surface area contributed by atoms with Crippen LogP contribution < -0.4 is 5.32 Å². The molecule has 11 heavy (non-hydrogen) atoms. The van der Waals surface area contributed by atoms with Crippen molar-refractivity contribution in [2.75, 3.05) is 7.05 Å². The average molecular weight is 262 g/mol. The molecule has 3 nitrogen and oxygen atoms in total. The lowest BCUT2D eigenvalue weighted by molar-refractivity contribution is 0.0962. The van der Waals surface area contributed by atoms with Crippen molar-refractivity contribution < 1.29 is 4.79 Å². The molecule has 0 aromatic carbocycles. The molecule has 0 saturated heterocycles. The first-order chi connectivity index (χ1) is 5.25. The smallest absolute Gasteiger partial charge is 0.253 e. The van der Waals surface area contributed by atoms with Crippen LogP contribution in [0, 0.1) is 3.70 Å². The molecular formula is C7H7IN2O. The zero-order valence-electron chi connectivity index (χ0n) is 5.97. The minimum atomic E-state index is -0.0949. The van der Waals surface area contributed by atoms with Gasteiger partial charge in [-0.3, -0.25) is 4.79 Å². The number of nitrogens with one attached hydrogen (secondary N) is 1. The van der Waals surface area contributed by atoms with Gasteiger partial charge in [0.1, 0.15) is 3.70 Å². The van der Waals surface area contributed by atoms with Crippen molar-refractivity contribution in [3.05, 3.63) is 27.6 Å². The number of aromatic nitrogens is 1. The minimum Gasteiger partial charge on any atom is -0.355 e. The van der Waals surface area contributed by atoms with Gasteiger partial charge in [-0.2, -0.15) is 0 Å². The van der Waals surface area contributed by atoms with E-state index in [2.05, 4.69) is 10.3 Å². The molecule has 0 spiro atoms. The van der Waals surface area contributed by atoms with Gasteiger partial charge in [0.15, 0.2) is 0 Å². The third kappa shape index (κ3) is 1.89. The molecule has 0 atom stereocenters. The van der Waals surface area contributed by atoms with Crippen LogP contribution in [-0.4, -0.2) is 17.9 Å². The molecule has 0 aliphatic carbocycles. The van der Waals surface area contributed by atoms with Gasteiger partial charge >= 0.3 is 0 Å². The van der Waals surface area contributed by atoms with Crippen molar-refractivity contribution in [1.82, 2.24) is 10.3 Å². The van der Waals surface area contributed by atoms with E-state index >= 15 is 0 Å². The predicted molar refractivity (Wildman–Crippen MR) is 50.3 cm³/mol. The largest absolute Gasteiger partial charge is 0.355 e. The molecular weight excluding hydrogens is 255 g/mol. The van der Waals surface area contributed by atoms with Crippen LogP contribution in [0.5, 0.6) is 0 Å². The van der Waals surface area contributed by atoms with Gasteiger partial charge in [-0.25, -0.2) is 4.98 Å². The summed E-state index contributed by atoms with van der Waals surface area (Å²) in [7, 11) is 1.60. The lowest BCUT2D eigenvalue weighted by atomic mass is 10.3. The Morgan fingerprint density at radius 1 is 1.73 bits per heavy atom. The quantitative estimate of drug-likeness (QED) is 0.607. The monoisotopic (exact) mass is 262 g/mol. The van der Waals surface area contributed by atoms with E-state index in [4.69, 9.17) is 0 Å². The molecule has 1 rings (SSSR count). The summed E-state index contributed by atoms with van der Waals surface area (Å²) in [4.78, 5) is 15.1. The van der Waals surface area contributed by atoms with Crippen LogP contribution in [0.25, 0.3) is 0 Å². The molecule has 1 amide bonds. The normalized spacial score (nSPS) is 9.27. The van der Waals surface area contributed by atoms with Gasteiger partial charge in [-0.15, -0.1) is 0 Å². The summed E-state index contributed by atoms with van der Waals surface area (Å²) >= 11 is 2.03. The number of amides is 1. The Kier molecular flexibility index (Phi) is 2.81. The highest BCUT2D eigenvalue weighted by atomic mass is 127. The van der Waals surface area contributed by atoms with Crippen molar-refractivity contribution >= 4 is 28.5 Å². The molecule has 1 heterocycles. The summed E-state index contributed by atoms with van der Waals surface area (Å²) in [5.41, 5.74) is 0.621. The molecule has 0 unspecified atom stereocenters. The Balaban J connectivity index is 3.03. The van der Waals surface area contributed by atoms with Gasteiger partial charge in [0.05, 0.1) is 5.56 Å². The molecule has 1 aromatic rings. The fourth-order valence-corrected chi connectivity index (χ4v) is 1.28. The van der Waals surface area contributed by atoms with Gasteiger partial charge in [0.2, 0.25) is 0 Å². The number of rotatable bonds is 1. The van der Waals surface area contributed by atoms with E-state index in [1.165, 1.54) is 0 Å². The van der Waals surface area contributed by atoms with Crippen LogP contribution in [0.2, 0.25) is 0 Å². The third-order valence-corrected chi connectivity index (χ3v) is 2.09. The number of pyridine rings is 1. The molecule has 0 aliphatic heterocycles.